The standard InChI is InChI=1S/C22H21BrN2O3S/c1-11-3-5-13(6-4-11)18-17-19(26)15-9-14(23)7-8-16(15)28-20(17)21(27)25(18)22-24-12(2)10-29-22/h3-6,10,14-16,18H,7-9H2,1-2H3. The van der Waals surface area contributed by atoms with Crippen LogP contribution in [0.1, 0.15) is 42.1 Å². The molecule has 0 saturated heterocycles. The van der Waals surface area contributed by atoms with Crippen molar-refractivity contribution < 1.29 is 14.3 Å². The number of fused-ring (bicyclic) bond motifs is 1. The maximum absolute atomic E-state index is 13.6. The van der Waals surface area contributed by atoms with Crippen LogP contribution in [0.2, 0.25) is 0 Å². The first kappa shape index (κ1) is 19.0. The lowest BCUT2D eigenvalue weighted by molar-refractivity contribution is -0.131. The van der Waals surface area contributed by atoms with Gasteiger partial charge in [0.25, 0.3) is 5.91 Å². The summed E-state index contributed by atoms with van der Waals surface area (Å²) in [6.07, 6.45) is 2.26. The zero-order valence-electron chi connectivity index (χ0n) is 16.2. The number of halogens is 1. The zero-order valence-corrected chi connectivity index (χ0v) is 18.6. The molecular formula is C22H21BrN2O3S. The summed E-state index contributed by atoms with van der Waals surface area (Å²) in [6, 6.07) is 7.51. The van der Waals surface area contributed by atoms with Crippen molar-refractivity contribution in [2.45, 2.75) is 50.1 Å². The van der Waals surface area contributed by atoms with E-state index in [-0.39, 0.29) is 29.5 Å². The van der Waals surface area contributed by atoms with Crippen molar-refractivity contribution in [3.05, 3.63) is 57.8 Å². The number of nitrogens with zero attached hydrogens (tertiary/aromatic N) is 2. The monoisotopic (exact) mass is 472 g/mol. The summed E-state index contributed by atoms with van der Waals surface area (Å²) >= 11 is 5.09. The number of ether oxygens (including phenoxy) is 1. The molecule has 1 aliphatic carbocycles. The Kier molecular flexibility index (Phi) is 4.62. The van der Waals surface area contributed by atoms with Gasteiger partial charge >= 0.3 is 0 Å². The summed E-state index contributed by atoms with van der Waals surface area (Å²) in [7, 11) is 0. The van der Waals surface area contributed by atoms with Crippen molar-refractivity contribution in [2.75, 3.05) is 4.90 Å². The number of alkyl halides is 1. The van der Waals surface area contributed by atoms with E-state index >= 15 is 0 Å². The second-order valence-corrected chi connectivity index (χ2v) is 10.2. The summed E-state index contributed by atoms with van der Waals surface area (Å²) in [6.45, 7) is 3.93. The summed E-state index contributed by atoms with van der Waals surface area (Å²) in [5.74, 6) is -0.184. The van der Waals surface area contributed by atoms with E-state index in [1.54, 1.807) is 4.90 Å². The molecule has 1 aromatic heterocycles. The molecule has 29 heavy (non-hydrogen) atoms. The molecule has 3 heterocycles. The molecular weight excluding hydrogens is 452 g/mol. The first-order valence-corrected chi connectivity index (χ1v) is 11.6. The third kappa shape index (κ3) is 3.06. The van der Waals surface area contributed by atoms with Gasteiger partial charge in [0.2, 0.25) is 0 Å². The number of Topliss-reactive ketones (excluding diaryl/α,β-unsaturated/α-hetero) is 1. The van der Waals surface area contributed by atoms with Gasteiger partial charge in [0.1, 0.15) is 6.10 Å². The fourth-order valence-electron chi connectivity index (χ4n) is 4.53. The number of aromatic nitrogens is 1. The van der Waals surface area contributed by atoms with E-state index in [4.69, 9.17) is 4.74 Å². The Balaban J connectivity index is 1.64. The van der Waals surface area contributed by atoms with E-state index in [2.05, 4.69) is 20.9 Å². The maximum atomic E-state index is 13.6. The molecule has 5 rings (SSSR count). The van der Waals surface area contributed by atoms with Crippen molar-refractivity contribution in [1.29, 1.82) is 0 Å². The summed E-state index contributed by atoms with van der Waals surface area (Å²) in [4.78, 5) is 33.5. The van der Waals surface area contributed by atoms with Gasteiger partial charge in [-0.05, 0) is 38.7 Å². The predicted octanol–water partition coefficient (Wildman–Crippen LogP) is 4.63. The molecule has 0 radical (unpaired) electrons. The SMILES string of the molecule is Cc1ccc(C2C3=C(OC4CCC(Br)CC4C3=O)C(=O)N2c2nc(C)cs2)cc1. The van der Waals surface area contributed by atoms with Crippen LogP contribution >= 0.6 is 27.3 Å². The van der Waals surface area contributed by atoms with Crippen molar-refractivity contribution in [3.8, 4) is 0 Å². The average molecular weight is 473 g/mol. The molecule has 150 valence electrons. The fourth-order valence-corrected chi connectivity index (χ4v) is 6.02. The number of aryl methyl sites for hydroxylation is 2. The summed E-state index contributed by atoms with van der Waals surface area (Å²) < 4.78 is 6.20. The molecule has 5 nitrogen and oxygen atoms in total. The van der Waals surface area contributed by atoms with Crippen molar-refractivity contribution in [3.63, 3.8) is 0 Å². The third-order valence-corrected chi connectivity index (χ3v) is 7.78. The molecule has 3 aliphatic rings. The lowest BCUT2D eigenvalue weighted by atomic mass is 9.77. The van der Waals surface area contributed by atoms with E-state index in [0.717, 1.165) is 36.1 Å². The highest BCUT2D eigenvalue weighted by Crippen LogP contribution is 2.49. The number of thiazole rings is 1. The molecule has 0 bridgehead atoms. The third-order valence-electron chi connectivity index (χ3n) is 5.99. The number of hydrogen-bond donors (Lipinski definition) is 0. The maximum Gasteiger partial charge on any atom is 0.296 e. The lowest BCUT2D eigenvalue weighted by Gasteiger charge is -2.37. The Morgan fingerprint density at radius 1 is 1.17 bits per heavy atom. The Morgan fingerprint density at radius 3 is 2.62 bits per heavy atom. The molecule has 1 amide bonds. The minimum absolute atomic E-state index is 0.0510. The fraction of sp³-hybridized carbons (Fsp3) is 0.409. The molecule has 4 unspecified atom stereocenters. The van der Waals surface area contributed by atoms with E-state index in [1.165, 1.54) is 11.3 Å². The van der Waals surface area contributed by atoms with Gasteiger partial charge < -0.3 is 4.74 Å². The van der Waals surface area contributed by atoms with E-state index in [0.29, 0.717) is 15.5 Å². The highest BCUT2D eigenvalue weighted by molar-refractivity contribution is 9.09. The van der Waals surface area contributed by atoms with Crippen LogP contribution in [0, 0.1) is 19.8 Å². The van der Waals surface area contributed by atoms with Gasteiger partial charge in [-0.3, -0.25) is 14.5 Å². The molecule has 2 aliphatic heterocycles. The van der Waals surface area contributed by atoms with Crippen molar-refractivity contribution in [1.82, 2.24) is 4.98 Å². The summed E-state index contributed by atoms with van der Waals surface area (Å²) in [5, 5.41) is 2.52. The second kappa shape index (κ2) is 7.06. The number of carbonyl (C=O) groups is 2. The Hall–Kier alpha value is -1.99. The van der Waals surface area contributed by atoms with Crippen LogP contribution in [0.4, 0.5) is 5.13 Å². The number of ketones is 1. The molecule has 7 heteroatoms. The Morgan fingerprint density at radius 2 is 1.93 bits per heavy atom. The number of anilines is 1. The van der Waals surface area contributed by atoms with Gasteiger partial charge in [0, 0.05) is 10.2 Å². The van der Waals surface area contributed by atoms with E-state index in [1.807, 2.05) is 43.5 Å². The van der Waals surface area contributed by atoms with Gasteiger partial charge in [0.05, 0.1) is 23.2 Å². The molecule has 0 spiro atoms. The summed E-state index contributed by atoms with van der Waals surface area (Å²) in [5.41, 5.74) is 3.39. The molecule has 4 atom stereocenters. The van der Waals surface area contributed by atoms with Crippen LogP contribution in [-0.4, -0.2) is 27.6 Å². The number of rotatable bonds is 2. The smallest absolute Gasteiger partial charge is 0.296 e. The van der Waals surface area contributed by atoms with Crippen LogP contribution < -0.4 is 4.90 Å². The Bertz CT molecular complexity index is 1030. The number of hydrogen-bond acceptors (Lipinski definition) is 5. The quantitative estimate of drug-likeness (QED) is 0.597. The zero-order chi connectivity index (χ0) is 20.3. The molecule has 1 aromatic carbocycles. The predicted molar refractivity (Wildman–Crippen MR) is 115 cm³/mol. The largest absolute Gasteiger partial charge is 0.483 e. The van der Waals surface area contributed by atoms with Crippen LogP contribution in [-0.2, 0) is 14.3 Å². The average Bonchev–Trinajstić information content (AvgIpc) is 3.25. The van der Waals surface area contributed by atoms with Crippen LogP contribution in [0.15, 0.2) is 41.0 Å². The topological polar surface area (TPSA) is 59.5 Å². The molecule has 1 saturated carbocycles. The van der Waals surface area contributed by atoms with Crippen molar-refractivity contribution in [2.24, 2.45) is 5.92 Å². The normalized spacial score (nSPS) is 29.0. The number of carbonyl (C=O) groups excluding carboxylic acids is 2. The van der Waals surface area contributed by atoms with Gasteiger partial charge in [-0.15, -0.1) is 11.3 Å². The molecule has 0 N–H and O–H groups in total. The first-order chi connectivity index (χ1) is 13.9. The lowest BCUT2D eigenvalue weighted by Crippen LogP contribution is -2.41. The van der Waals surface area contributed by atoms with Crippen molar-refractivity contribution >= 4 is 44.1 Å². The van der Waals surface area contributed by atoms with Gasteiger partial charge in [0.15, 0.2) is 16.7 Å². The highest BCUT2D eigenvalue weighted by atomic mass is 79.9. The van der Waals surface area contributed by atoms with Crippen LogP contribution in [0.5, 0.6) is 0 Å². The minimum atomic E-state index is -0.493. The molecule has 1 fully saturated rings. The Labute approximate surface area is 181 Å². The van der Waals surface area contributed by atoms with Crippen LogP contribution in [0.3, 0.4) is 0 Å². The number of benzene rings is 1. The highest BCUT2D eigenvalue weighted by Gasteiger charge is 2.53. The molecule has 2 aromatic rings. The van der Waals surface area contributed by atoms with Gasteiger partial charge in [-0.25, -0.2) is 4.98 Å². The van der Waals surface area contributed by atoms with E-state index in [9.17, 15) is 9.59 Å². The van der Waals surface area contributed by atoms with Gasteiger partial charge in [-0.2, -0.15) is 0 Å². The van der Waals surface area contributed by atoms with Gasteiger partial charge in [-0.1, -0.05) is 45.8 Å². The second-order valence-electron chi connectivity index (χ2n) is 8.04. The first-order valence-electron chi connectivity index (χ1n) is 9.85. The minimum Gasteiger partial charge on any atom is -0.483 e. The van der Waals surface area contributed by atoms with Crippen LogP contribution in [0.25, 0.3) is 0 Å². The van der Waals surface area contributed by atoms with E-state index < -0.39 is 6.04 Å². The number of amides is 1.